The van der Waals surface area contributed by atoms with Crippen molar-refractivity contribution in [3.05, 3.63) is 12.0 Å². The predicted octanol–water partition coefficient (Wildman–Crippen LogP) is 1.24. The summed E-state index contributed by atoms with van der Waals surface area (Å²) in [7, 11) is 0. The first kappa shape index (κ1) is 11.6. The molecule has 0 bridgehead atoms. The Labute approximate surface area is 106 Å². The Morgan fingerprint density at radius 2 is 2.22 bits per heavy atom. The standard InChI is InChI=1S/C12H18FN5/c13-8-7-15-12(14)17-11(8)16-9-4-6-18-5-2-1-3-10(9)18/h7,9-10H,1-6H2,(H3,14,15,16,17). The molecule has 2 saturated heterocycles. The number of hydrogen-bond acceptors (Lipinski definition) is 5. The first-order valence-electron chi connectivity index (χ1n) is 6.52. The van der Waals surface area contributed by atoms with Crippen LogP contribution < -0.4 is 11.1 Å². The number of anilines is 2. The Balaban J connectivity index is 1.74. The first-order valence-corrected chi connectivity index (χ1v) is 6.52. The number of nitrogens with zero attached hydrogens (tertiary/aromatic N) is 3. The lowest BCUT2D eigenvalue weighted by molar-refractivity contribution is 0.192. The van der Waals surface area contributed by atoms with Gasteiger partial charge in [-0.1, -0.05) is 6.42 Å². The number of nitrogens with two attached hydrogens (primary N) is 1. The molecule has 2 atom stereocenters. The van der Waals surface area contributed by atoms with Gasteiger partial charge in [0.05, 0.1) is 6.20 Å². The van der Waals surface area contributed by atoms with Gasteiger partial charge in [-0.25, -0.2) is 9.37 Å². The molecule has 1 aromatic rings. The van der Waals surface area contributed by atoms with E-state index in [1.165, 1.54) is 19.3 Å². The van der Waals surface area contributed by atoms with Gasteiger partial charge in [-0.3, -0.25) is 4.90 Å². The highest BCUT2D eigenvalue weighted by atomic mass is 19.1. The van der Waals surface area contributed by atoms with E-state index in [0.717, 1.165) is 25.7 Å². The topological polar surface area (TPSA) is 67.1 Å². The van der Waals surface area contributed by atoms with Crippen LogP contribution in [0.15, 0.2) is 6.20 Å². The highest BCUT2D eigenvalue weighted by molar-refractivity contribution is 5.40. The zero-order valence-corrected chi connectivity index (χ0v) is 10.3. The minimum Gasteiger partial charge on any atom is -0.368 e. The summed E-state index contributed by atoms with van der Waals surface area (Å²) < 4.78 is 13.6. The number of nitrogen functional groups attached to an aromatic ring is 1. The lowest BCUT2D eigenvalue weighted by Crippen LogP contribution is -2.42. The zero-order valence-electron chi connectivity index (χ0n) is 10.3. The molecule has 1 aromatic heterocycles. The smallest absolute Gasteiger partial charge is 0.222 e. The van der Waals surface area contributed by atoms with Gasteiger partial charge in [0, 0.05) is 18.6 Å². The molecule has 18 heavy (non-hydrogen) atoms. The summed E-state index contributed by atoms with van der Waals surface area (Å²) in [6.07, 6.45) is 5.87. The fourth-order valence-corrected chi connectivity index (χ4v) is 3.07. The van der Waals surface area contributed by atoms with Crippen LogP contribution in [0.1, 0.15) is 25.7 Å². The number of hydrogen-bond donors (Lipinski definition) is 2. The molecular weight excluding hydrogens is 233 g/mol. The van der Waals surface area contributed by atoms with Crippen molar-refractivity contribution >= 4 is 11.8 Å². The van der Waals surface area contributed by atoms with E-state index < -0.39 is 5.82 Å². The van der Waals surface area contributed by atoms with Crippen molar-refractivity contribution in [3.8, 4) is 0 Å². The largest absolute Gasteiger partial charge is 0.368 e. The molecule has 3 N–H and O–H groups in total. The van der Waals surface area contributed by atoms with Crippen molar-refractivity contribution in [2.75, 3.05) is 24.1 Å². The van der Waals surface area contributed by atoms with Gasteiger partial charge in [-0.05, 0) is 25.8 Å². The molecule has 2 aliphatic heterocycles. The third-order valence-electron chi connectivity index (χ3n) is 3.94. The molecule has 0 saturated carbocycles. The number of fused-ring (bicyclic) bond motifs is 1. The molecule has 0 radical (unpaired) electrons. The minimum atomic E-state index is -0.432. The van der Waals surface area contributed by atoms with Crippen molar-refractivity contribution in [3.63, 3.8) is 0 Å². The Kier molecular flexibility index (Phi) is 3.03. The van der Waals surface area contributed by atoms with Gasteiger partial charge in [0.1, 0.15) is 0 Å². The zero-order chi connectivity index (χ0) is 12.5. The average Bonchev–Trinajstić information content (AvgIpc) is 2.78. The fourth-order valence-electron chi connectivity index (χ4n) is 3.07. The molecule has 98 valence electrons. The minimum absolute atomic E-state index is 0.109. The summed E-state index contributed by atoms with van der Waals surface area (Å²) in [5.74, 6) is -0.0872. The van der Waals surface area contributed by atoms with Gasteiger partial charge in [0.25, 0.3) is 0 Å². The lowest BCUT2D eigenvalue weighted by atomic mass is 9.99. The Hall–Kier alpha value is -1.43. The molecule has 0 amide bonds. The summed E-state index contributed by atoms with van der Waals surface area (Å²) in [4.78, 5) is 10.1. The summed E-state index contributed by atoms with van der Waals surface area (Å²) in [5, 5.41) is 3.20. The molecule has 6 heteroatoms. The second kappa shape index (κ2) is 4.68. The van der Waals surface area contributed by atoms with Crippen LogP contribution in [0.25, 0.3) is 0 Å². The number of nitrogens with one attached hydrogen (secondary N) is 1. The van der Waals surface area contributed by atoms with Crippen molar-refractivity contribution in [1.29, 1.82) is 0 Å². The van der Waals surface area contributed by atoms with E-state index in [2.05, 4.69) is 20.2 Å². The predicted molar refractivity (Wildman–Crippen MR) is 67.6 cm³/mol. The Morgan fingerprint density at radius 3 is 3.11 bits per heavy atom. The molecule has 0 aromatic carbocycles. The van der Waals surface area contributed by atoms with E-state index in [4.69, 9.17) is 5.73 Å². The van der Waals surface area contributed by atoms with Crippen molar-refractivity contribution in [2.24, 2.45) is 0 Å². The van der Waals surface area contributed by atoms with E-state index >= 15 is 0 Å². The van der Waals surface area contributed by atoms with Crippen LogP contribution in [-0.4, -0.2) is 40.0 Å². The summed E-state index contributed by atoms with van der Waals surface area (Å²) >= 11 is 0. The molecule has 2 aliphatic rings. The summed E-state index contributed by atoms with van der Waals surface area (Å²) in [6, 6.07) is 0.781. The maximum absolute atomic E-state index is 13.6. The SMILES string of the molecule is Nc1ncc(F)c(NC2CCN3CCCCC23)n1. The number of piperidine rings is 1. The maximum atomic E-state index is 13.6. The van der Waals surface area contributed by atoms with Crippen LogP contribution in [0, 0.1) is 5.82 Å². The molecule has 0 spiro atoms. The number of aromatic nitrogens is 2. The second-order valence-electron chi connectivity index (χ2n) is 5.06. The fraction of sp³-hybridized carbons (Fsp3) is 0.667. The number of halogens is 1. The van der Waals surface area contributed by atoms with Crippen LogP contribution in [0.2, 0.25) is 0 Å². The third-order valence-corrected chi connectivity index (χ3v) is 3.94. The van der Waals surface area contributed by atoms with Gasteiger partial charge >= 0.3 is 0 Å². The van der Waals surface area contributed by atoms with Crippen molar-refractivity contribution in [2.45, 2.75) is 37.8 Å². The molecule has 3 heterocycles. The molecule has 5 nitrogen and oxygen atoms in total. The number of rotatable bonds is 2. The third kappa shape index (κ3) is 2.12. The van der Waals surface area contributed by atoms with E-state index in [-0.39, 0.29) is 17.8 Å². The normalized spacial score (nSPS) is 28.1. The van der Waals surface area contributed by atoms with E-state index in [1.54, 1.807) is 0 Å². The van der Waals surface area contributed by atoms with E-state index in [9.17, 15) is 4.39 Å². The molecule has 0 aliphatic carbocycles. The van der Waals surface area contributed by atoms with Gasteiger partial charge in [0.2, 0.25) is 5.95 Å². The monoisotopic (exact) mass is 251 g/mol. The Bertz CT molecular complexity index is 438. The van der Waals surface area contributed by atoms with Crippen LogP contribution in [0.3, 0.4) is 0 Å². The summed E-state index contributed by atoms with van der Waals surface area (Å²) in [6.45, 7) is 2.25. The highest BCUT2D eigenvalue weighted by Gasteiger charge is 2.35. The van der Waals surface area contributed by atoms with Gasteiger partial charge in [-0.15, -0.1) is 0 Å². The van der Waals surface area contributed by atoms with Gasteiger partial charge in [-0.2, -0.15) is 4.98 Å². The van der Waals surface area contributed by atoms with Crippen LogP contribution in [0.4, 0.5) is 16.2 Å². The maximum Gasteiger partial charge on any atom is 0.222 e. The van der Waals surface area contributed by atoms with Gasteiger partial charge < -0.3 is 11.1 Å². The van der Waals surface area contributed by atoms with Crippen molar-refractivity contribution in [1.82, 2.24) is 14.9 Å². The first-order chi connectivity index (χ1) is 8.74. The van der Waals surface area contributed by atoms with Crippen LogP contribution in [0.5, 0.6) is 0 Å². The van der Waals surface area contributed by atoms with Gasteiger partial charge in [0.15, 0.2) is 11.6 Å². The summed E-state index contributed by atoms with van der Waals surface area (Å²) in [5.41, 5.74) is 5.49. The van der Waals surface area contributed by atoms with E-state index in [0.29, 0.717) is 6.04 Å². The molecule has 2 unspecified atom stereocenters. The quantitative estimate of drug-likeness (QED) is 0.827. The molecule has 3 rings (SSSR count). The van der Waals surface area contributed by atoms with Crippen LogP contribution >= 0.6 is 0 Å². The Morgan fingerprint density at radius 1 is 1.33 bits per heavy atom. The lowest BCUT2D eigenvalue weighted by Gasteiger charge is -2.32. The highest BCUT2D eigenvalue weighted by Crippen LogP contribution is 2.29. The average molecular weight is 251 g/mol. The second-order valence-corrected chi connectivity index (χ2v) is 5.06. The molecule has 2 fully saturated rings. The van der Waals surface area contributed by atoms with Crippen molar-refractivity contribution < 1.29 is 4.39 Å². The van der Waals surface area contributed by atoms with Crippen LogP contribution in [-0.2, 0) is 0 Å². The molecular formula is C12H18FN5. The van der Waals surface area contributed by atoms with E-state index in [1.807, 2.05) is 0 Å².